The maximum absolute atomic E-state index is 6.30. The molecule has 17 heavy (non-hydrogen) atoms. The Hall–Kier alpha value is -1.35. The average Bonchev–Trinajstić information content (AvgIpc) is 2.78. The molecule has 4 heteroatoms. The fourth-order valence-corrected chi connectivity index (χ4v) is 1.64. The van der Waals surface area contributed by atoms with Crippen molar-refractivity contribution in [2.45, 2.75) is 31.6 Å². The predicted octanol–water partition coefficient (Wildman–Crippen LogP) is 3.70. The molecule has 90 valence electrons. The Bertz CT molecular complexity index is 488. The summed E-state index contributed by atoms with van der Waals surface area (Å²) in [5.74, 6) is 1.05. The van der Waals surface area contributed by atoms with E-state index in [9.17, 15) is 0 Å². The summed E-state index contributed by atoms with van der Waals surface area (Å²) in [4.78, 5) is 0. The second-order valence-electron chi connectivity index (χ2n) is 4.97. The minimum absolute atomic E-state index is 0.154. The van der Waals surface area contributed by atoms with Crippen LogP contribution in [0.3, 0.4) is 0 Å². The summed E-state index contributed by atoms with van der Waals surface area (Å²) in [6, 6.07) is 9.70. The molecule has 0 aliphatic heterocycles. The number of nitrogens with zero attached hydrogens (tertiary/aromatic N) is 2. The van der Waals surface area contributed by atoms with Crippen molar-refractivity contribution in [1.82, 2.24) is 10.2 Å². The average molecular weight is 251 g/mol. The minimum atomic E-state index is -0.389. The van der Waals surface area contributed by atoms with Crippen LogP contribution in [0.2, 0.25) is 0 Å². The lowest BCUT2D eigenvalue weighted by molar-refractivity contribution is 0.373. The third-order valence-corrected chi connectivity index (χ3v) is 2.83. The van der Waals surface area contributed by atoms with Crippen molar-refractivity contribution in [3.63, 3.8) is 0 Å². The molecule has 0 fully saturated rings. The fourth-order valence-electron chi connectivity index (χ4n) is 1.40. The zero-order valence-electron chi connectivity index (χ0n) is 10.1. The molecule has 0 N–H and O–H groups in total. The van der Waals surface area contributed by atoms with Gasteiger partial charge in [0.15, 0.2) is 0 Å². The van der Waals surface area contributed by atoms with Gasteiger partial charge in [-0.1, -0.05) is 51.1 Å². The molecule has 3 nitrogen and oxygen atoms in total. The Morgan fingerprint density at radius 1 is 1.12 bits per heavy atom. The summed E-state index contributed by atoms with van der Waals surface area (Å²) < 4.78 is 5.61. The summed E-state index contributed by atoms with van der Waals surface area (Å²) in [6.07, 6.45) is 0. The largest absolute Gasteiger partial charge is 0.423 e. The smallest absolute Gasteiger partial charge is 0.238 e. The van der Waals surface area contributed by atoms with Crippen LogP contribution in [0, 0.1) is 0 Å². The summed E-state index contributed by atoms with van der Waals surface area (Å²) in [5.41, 5.74) is 0.803. The van der Waals surface area contributed by atoms with E-state index in [-0.39, 0.29) is 10.8 Å². The molecule has 1 aromatic carbocycles. The van der Waals surface area contributed by atoms with Crippen molar-refractivity contribution >= 4 is 11.6 Å². The maximum atomic E-state index is 6.30. The number of hydrogen-bond donors (Lipinski definition) is 0. The molecule has 0 bridgehead atoms. The van der Waals surface area contributed by atoms with E-state index in [4.69, 9.17) is 16.0 Å². The van der Waals surface area contributed by atoms with Crippen LogP contribution in [0.5, 0.6) is 0 Å². The van der Waals surface area contributed by atoms with Gasteiger partial charge in [-0.25, -0.2) is 0 Å². The molecule has 1 atom stereocenters. The molecule has 1 unspecified atom stereocenters. The summed E-state index contributed by atoms with van der Waals surface area (Å²) in [5, 5.41) is 7.65. The van der Waals surface area contributed by atoms with E-state index in [0.717, 1.165) is 5.56 Å². The van der Waals surface area contributed by atoms with Crippen LogP contribution in [0.4, 0.5) is 0 Å². The summed E-state index contributed by atoms with van der Waals surface area (Å²) in [6.45, 7) is 6.07. The predicted molar refractivity (Wildman–Crippen MR) is 67.1 cm³/mol. The molecular weight excluding hydrogens is 236 g/mol. The molecule has 2 rings (SSSR count). The van der Waals surface area contributed by atoms with Gasteiger partial charge in [-0.05, 0) is 5.56 Å². The standard InChI is InChI=1S/C13H15ClN2O/c1-13(2,3)12-16-15-11(17-12)10(14)9-7-5-4-6-8-9/h4-8,10H,1-3H3. The molecule has 0 saturated heterocycles. The lowest BCUT2D eigenvalue weighted by Gasteiger charge is -2.11. The van der Waals surface area contributed by atoms with E-state index >= 15 is 0 Å². The lowest BCUT2D eigenvalue weighted by atomic mass is 9.97. The van der Waals surface area contributed by atoms with Crippen molar-refractivity contribution in [2.24, 2.45) is 0 Å². The van der Waals surface area contributed by atoms with E-state index in [1.807, 2.05) is 51.1 Å². The van der Waals surface area contributed by atoms with Crippen LogP contribution in [0.15, 0.2) is 34.7 Å². The first kappa shape index (κ1) is 12.1. The number of halogens is 1. The van der Waals surface area contributed by atoms with Crippen molar-refractivity contribution in [3.05, 3.63) is 47.7 Å². The van der Waals surface area contributed by atoms with Crippen LogP contribution in [0.1, 0.15) is 43.5 Å². The van der Waals surface area contributed by atoms with Crippen LogP contribution in [0.25, 0.3) is 0 Å². The Kier molecular flexibility index (Phi) is 3.20. The Labute approximate surface area is 106 Å². The third kappa shape index (κ3) is 2.67. The van der Waals surface area contributed by atoms with Gasteiger partial charge in [0.2, 0.25) is 11.8 Å². The van der Waals surface area contributed by atoms with E-state index < -0.39 is 0 Å². The number of alkyl halides is 1. The number of aromatic nitrogens is 2. The first-order chi connectivity index (χ1) is 7.98. The van der Waals surface area contributed by atoms with Gasteiger partial charge < -0.3 is 4.42 Å². The van der Waals surface area contributed by atoms with Gasteiger partial charge in [-0.3, -0.25) is 0 Å². The summed E-state index contributed by atoms with van der Waals surface area (Å²) >= 11 is 6.30. The first-order valence-corrected chi connectivity index (χ1v) is 5.95. The van der Waals surface area contributed by atoms with Gasteiger partial charge >= 0.3 is 0 Å². The zero-order valence-corrected chi connectivity index (χ0v) is 10.9. The maximum Gasteiger partial charge on any atom is 0.238 e. The molecule has 2 aromatic rings. The normalized spacial score (nSPS) is 13.6. The Balaban J connectivity index is 2.27. The minimum Gasteiger partial charge on any atom is -0.423 e. The number of hydrogen-bond acceptors (Lipinski definition) is 3. The van der Waals surface area contributed by atoms with Crippen molar-refractivity contribution in [3.8, 4) is 0 Å². The SMILES string of the molecule is CC(C)(C)c1nnc(C(Cl)c2ccccc2)o1. The van der Waals surface area contributed by atoms with Crippen LogP contribution in [-0.2, 0) is 5.41 Å². The Morgan fingerprint density at radius 2 is 1.76 bits per heavy atom. The van der Waals surface area contributed by atoms with E-state index in [2.05, 4.69) is 10.2 Å². The zero-order chi connectivity index (χ0) is 12.5. The van der Waals surface area contributed by atoms with E-state index in [1.54, 1.807) is 0 Å². The van der Waals surface area contributed by atoms with Crippen LogP contribution in [-0.4, -0.2) is 10.2 Å². The number of benzene rings is 1. The van der Waals surface area contributed by atoms with Crippen molar-refractivity contribution in [2.75, 3.05) is 0 Å². The van der Waals surface area contributed by atoms with Gasteiger partial charge in [0.1, 0.15) is 5.38 Å². The first-order valence-electron chi connectivity index (χ1n) is 5.51. The molecule has 0 aliphatic carbocycles. The van der Waals surface area contributed by atoms with Crippen molar-refractivity contribution < 1.29 is 4.42 Å². The molecule has 1 aromatic heterocycles. The monoisotopic (exact) mass is 250 g/mol. The molecular formula is C13H15ClN2O. The van der Waals surface area contributed by atoms with Gasteiger partial charge in [0.25, 0.3) is 0 Å². The highest BCUT2D eigenvalue weighted by atomic mass is 35.5. The van der Waals surface area contributed by atoms with Gasteiger partial charge in [0, 0.05) is 5.41 Å². The Morgan fingerprint density at radius 3 is 2.29 bits per heavy atom. The van der Waals surface area contributed by atoms with E-state index in [0.29, 0.717) is 11.8 Å². The second-order valence-corrected chi connectivity index (χ2v) is 5.41. The molecule has 0 radical (unpaired) electrons. The highest BCUT2D eigenvalue weighted by Gasteiger charge is 2.24. The molecule has 0 saturated carbocycles. The number of rotatable bonds is 2. The van der Waals surface area contributed by atoms with Gasteiger partial charge in [-0.15, -0.1) is 21.8 Å². The van der Waals surface area contributed by atoms with Gasteiger partial charge in [0.05, 0.1) is 0 Å². The lowest BCUT2D eigenvalue weighted by Crippen LogP contribution is -2.11. The third-order valence-electron chi connectivity index (χ3n) is 2.39. The molecule has 0 amide bonds. The molecule has 0 spiro atoms. The second kappa shape index (κ2) is 4.49. The topological polar surface area (TPSA) is 38.9 Å². The van der Waals surface area contributed by atoms with E-state index in [1.165, 1.54) is 0 Å². The fraction of sp³-hybridized carbons (Fsp3) is 0.385. The van der Waals surface area contributed by atoms with Crippen molar-refractivity contribution in [1.29, 1.82) is 0 Å². The van der Waals surface area contributed by atoms with Crippen LogP contribution < -0.4 is 0 Å². The quantitative estimate of drug-likeness (QED) is 0.763. The highest BCUT2D eigenvalue weighted by molar-refractivity contribution is 6.22. The highest BCUT2D eigenvalue weighted by Crippen LogP contribution is 2.29. The van der Waals surface area contributed by atoms with Gasteiger partial charge in [-0.2, -0.15) is 0 Å². The summed E-state index contributed by atoms with van der Waals surface area (Å²) in [7, 11) is 0. The molecule has 0 aliphatic rings. The molecule has 1 heterocycles. The van der Waals surface area contributed by atoms with Crippen LogP contribution >= 0.6 is 11.6 Å².